The lowest BCUT2D eigenvalue weighted by molar-refractivity contribution is -0.145. The summed E-state index contributed by atoms with van der Waals surface area (Å²) >= 11 is 0. The normalized spacial score (nSPS) is 13.0. The molecule has 0 saturated carbocycles. The Bertz CT molecular complexity index is 821. The van der Waals surface area contributed by atoms with Gasteiger partial charge < -0.3 is 30.6 Å². The van der Waals surface area contributed by atoms with Gasteiger partial charge in [-0.2, -0.15) is 0 Å². The van der Waals surface area contributed by atoms with E-state index in [-0.39, 0.29) is 48.7 Å². The lowest BCUT2D eigenvalue weighted by atomic mass is 9.80. The van der Waals surface area contributed by atoms with Gasteiger partial charge in [0.25, 0.3) is 0 Å². The van der Waals surface area contributed by atoms with Gasteiger partial charge in [0.15, 0.2) is 0 Å². The number of carboxylic acids is 2. The number of phenols is 4. The van der Waals surface area contributed by atoms with Crippen LogP contribution in [0.2, 0.25) is 0 Å². The van der Waals surface area contributed by atoms with Crippen molar-refractivity contribution in [1.82, 2.24) is 0 Å². The zero-order chi connectivity index (χ0) is 20.8. The zero-order valence-electron chi connectivity index (χ0n) is 14.9. The van der Waals surface area contributed by atoms with Crippen LogP contribution in [0.15, 0.2) is 36.4 Å². The lowest BCUT2D eigenvalue weighted by Crippen LogP contribution is -2.28. The first kappa shape index (κ1) is 20.9. The average molecular weight is 390 g/mol. The van der Waals surface area contributed by atoms with Crippen LogP contribution in [0.3, 0.4) is 0 Å². The monoisotopic (exact) mass is 390 g/mol. The van der Waals surface area contributed by atoms with Crippen LogP contribution in [0.4, 0.5) is 0 Å². The summed E-state index contributed by atoms with van der Waals surface area (Å²) in [5.41, 5.74) is 0.863. The van der Waals surface area contributed by atoms with E-state index in [1.807, 2.05) is 0 Å². The van der Waals surface area contributed by atoms with Gasteiger partial charge in [0.05, 0.1) is 5.92 Å². The molecule has 0 radical (unpaired) electrons. The van der Waals surface area contributed by atoms with E-state index in [1.165, 1.54) is 24.3 Å². The quantitative estimate of drug-likeness (QED) is 0.381. The Labute approximate surface area is 160 Å². The van der Waals surface area contributed by atoms with Gasteiger partial charge in [-0.15, -0.1) is 0 Å². The molecule has 8 nitrogen and oxygen atoms in total. The van der Waals surface area contributed by atoms with Gasteiger partial charge in [-0.3, -0.25) is 9.59 Å². The fraction of sp³-hybridized carbons (Fsp3) is 0.300. The molecule has 0 heterocycles. The number of hydrogen-bond donors (Lipinski definition) is 6. The van der Waals surface area contributed by atoms with Gasteiger partial charge in [0.2, 0.25) is 0 Å². The lowest BCUT2D eigenvalue weighted by Gasteiger charge is -2.24. The van der Waals surface area contributed by atoms with E-state index in [0.29, 0.717) is 11.1 Å². The average Bonchev–Trinajstić information content (AvgIpc) is 2.54. The highest BCUT2D eigenvalue weighted by molar-refractivity contribution is 5.71. The highest BCUT2D eigenvalue weighted by Gasteiger charge is 2.29. The Kier molecular flexibility index (Phi) is 6.70. The smallest absolute Gasteiger partial charge is 0.307 e. The molecule has 0 aliphatic rings. The molecule has 150 valence electrons. The molecular weight excluding hydrogens is 368 g/mol. The van der Waals surface area contributed by atoms with Crippen molar-refractivity contribution in [3.63, 3.8) is 0 Å². The number of carboxylic acid groups (broad SMARTS) is 2. The minimum Gasteiger partial charge on any atom is -0.508 e. The van der Waals surface area contributed by atoms with Crippen LogP contribution in [0.5, 0.6) is 23.0 Å². The van der Waals surface area contributed by atoms with E-state index in [2.05, 4.69) is 0 Å². The Morgan fingerprint density at radius 3 is 1.54 bits per heavy atom. The summed E-state index contributed by atoms with van der Waals surface area (Å²) in [4.78, 5) is 22.9. The summed E-state index contributed by atoms with van der Waals surface area (Å²) in [7, 11) is 0. The summed E-state index contributed by atoms with van der Waals surface area (Å²) in [5, 5.41) is 57.2. The predicted molar refractivity (Wildman–Crippen MR) is 98.4 cm³/mol. The summed E-state index contributed by atoms with van der Waals surface area (Å²) in [6.07, 6.45) is -0.0958. The summed E-state index contributed by atoms with van der Waals surface area (Å²) in [5.74, 6) is -4.64. The van der Waals surface area contributed by atoms with Gasteiger partial charge in [-0.25, -0.2) is 0 Å². The van der Waals surface area contributed by atoms with E-state index in [4.69, 9.17) is 5.11 Å². The van der Waals surface area contributed by atoms with Crippen LogP contribution in [0.25, 0.3) is 0 Å². The van der Waals surface area contributed by atoms with Crippen molar-refractivity contribution in [3.8, 4) is 23.0 Å². The molecule has 8 heteroatoms. The maximum atomic E-state index is 11.9. The number of aliphatic carboxylic acids is 2. The molecular formula is C20H22O8. The molecule has 0 aliphatic heterocycles. The van der Waals surface area contributed by atoms with Crippen LogP contribution in [-0.4, -0.2) is 42.6 Å². The van der Waals surface area contributed by atoms with Crippen molar-refractivity contribution in [2.45, 2.75) is 25.7 Å². The summed E-state index contributed by atoms with van der Waals surface area (Å²) in [6, 6.07) is 7.70. The van der Waals surface area contributed by atoms with Crippen LogP contribution in [0, 0.1) is 11.8 Å². The first-order valence-electron chi connectivity index (χ1n) is 8.62. The SMILES string of the molecule is O=C(O)CC[C@@H](Cc1cc(O)cc(O)c1)[C@H](Cc1cc(O)cc(O)c1)C(=O)O. The molecule has 0 bridgehead atoms. The third-order valence-corrected chi connectivity index (χ3v) is 4.49. The van der Waals surface area contributed by atoms with Crippen LogP contribution in [-0.2, 0) is 22.4 Å². The van der Waals surface area contributed by atoms with E-state index in [0.717, 1.165) is 12.1 Å². The molecule has 0 aliphatic carbocycles. The largest absolute Gasteiger partial charge is 0.508 e. The molecule has 2 aromatic rings. The molecule has 0 spiro atoms. The Balaban J connectivity index is 2.32. The Hall–Kier alpha value is -3.42. The maximum Gasteiger partial charge on any atom is 0.307 e. The van der Waals surface area contributed by atoms with Crippen LogP contribution < -0.4 is 0 Å². The van der Waals surface area contributed by atoms with E-state index >= 15 is 0 Å². The van der Waals surface area contributed by atoms with Crippen LogP contribution >= 0.6 is 0 Å². The molecule has 0 fully saturated rings. The number of phenolic OH excluding ortho intramolecular Hbond substituents is 4. The second-order valence-electron chi connectivity index (χ2n) is 6.76. The minimum atomic E-state index is -1.15. The summed E-state index contributed by atoms with van der Waals surface area (Å²) in [6.45, 7) is 0. The molecule has 0 unspecified atom stereocenters. The van der Waals surface area contributed by atoms with Gasteiger partial charge in [-0.05, 0) is 60.6 Å². The van der Waals surface area contributed by atoms with Gasteiger partial charge in [-0.1, -0.05) is 0 Å². The minimum absolute atomic E-state index is 0.0353. The van der Waals surface area contributed by atoms with Crippen molar-refractivity contribution in [3.05, 3.63) is 47.5 Å². The van der Waals surface area contributed by atoms with Crippen molar-refractivity contribution in [2.24, 2.45) is 11.8 Å². The third kappa shape index (κ3) is 6.08. The number of hydrogen-bond acceptors (Lipinski definition) is 6. The van der Waals surface area contributed by atoms with E-state index in [1.54, 1.807) is 0 Å². The Morgan fingerprint density at radius 2 is 1.14 bits per heavy atom. The first-order valence-corrected chi connectivity index (χ1v) is 8.62. The highest BCUT2D eigenvalue weighted by Crippen LogP contribution is 2.31. The first-order chi connectivity index (χ1) is 13.1. The predicted octanol–water partition coefficient (Wildman–Crippen LogP) is 2.48. The standard InChI is InChI=1S/C20H22O8/c21-14-4-11(5-15(22)9-14)3-13(1-2-19(25)26)18(20(27)28)8-12-6-16(23)10-17(24)7-12/h4-7,9-10,13,18,21-24H,1-3,8H2,(H,25,26)(H,27,28)/t13-,18-/m0/s1. The topological polar surface area (TPSA) is 156 Å². The highest BCUT2D eigenvalue weighted by atomic mass is 16.4. The Morgan fingerprint density at radius 1 is 0.714 bits per heavy atom. The molecule has 0 amide bonds. The maximum absolute atomic E-state index is 11.9. The van der Waals surface area contributed by atoms with Gasteiger partial charge in [0, 0.05) is 18.6 Å². The number of benzene rings is 2. The molecule has 0 aromatic heterocycles. The van der Waals surface area contributed by atoms with Crippen molar-refractivity contribution in [1.29, 1.82) is 0 Å². The molecule has 2 atom stereocenters. The second kappa shape index (κ2) is 8.98. The van der Waals surface area contributed by atoms with Gasteiger partial charge >= 0.3 is 11.9 Å². The third-order valence-electron chi connectivity index (χ3n) is 4.49. The van der Waals surface area contributed by atoms with Crippen molar-refractivity contribution < 1.29 is 40.2 Å². The number of carbonyl (C=O) groups is 2. The fourth-order valence-electron chi connectivity index (χ4n) is 3.32. The number of rotatable bonds is 9. The van der Waals surface area contributed by atoms with Gasteiger partial charge in [0.1, 0.15) is 23.0 Å². The van der Waals surface area contributed by atoms with Crippen molar-refractivity contribution in [2.75, 3.05) is 0 Å². The second-order valence-corrected chi connectivity index (χ2v) is 6.76. The fourth-order valence-corrected chi connectivity index (χ4v) is 3.32. The summed E-state index contributed by atoms with van der Waals surface area (Å²) < 4.78 is 0. The number of aromatic hydroxyl groups is 4. The van der Waals surface area contributed by atoms with Crippen molar-refractivity contribution >= 4 is 11.9 Å². The molecule has 0 saturated heterocycles. The molecule has 2 rings (SSSR count). The van der Waals surface area contributed by atoms with Crippen LogP contribution in [0.1, 0.15) is 24.0 Å². The van der Waals surface area contributed by atoms with E-state index in [9.17, 15) is 35.1 Å². The molecule has 28 heavy (non-hydrogen) atoms. The molecule has 6 N–H and O–H groups in total. The van der Waals surface area contributed by atoms with E-state index < -0.39 is 23.8 Å². The zero-order valence-corrected chi connectivity index (χ0v) is 14.9. The molecule has 2 aromatic carbocycles.